The Balaban J connectivity index is 1.68. The van der Waals surface area contributed by atoms with Crippen molar-refractivity contribution in [2.24, 2.45) is 0 Å². The van der Waals surface area contributed by atoms with Crippen LogP contribution in [0.4, 0.5) is 0 Å². The Morgan fingerprint density at radius 1 is 1.31 bits per heavy atom. The lowest BCUT2D eigenvalue weighted by Crippen LogP contribution is -2.43. The summed E-state index contributed by atoms with van der Waals surface area (Å²) in [5.41, 5.74) is 0. The molecule has 0 amide bonds. The van der Waals surface area contributed by atoms with Crippen molar-refractivity contribution in [3.05, 3.63) is 27.1 Å². The van der Waals surface area contributed by atoms with E-state index in [0.29, 0.717) is 35.1 Å². The van der Waals surface area contributed by atoms with Gasteiger partial charge in [-0.1, -0.05) is 15.9 Å². The van der Waals surface area contributed by atoms with Crippen molar-refractivity contribution in [1.82, 2.24) is 14.5 Å². The predicted molar refractivity (Wildman–Crippen MR) is 104 cm³/mol. The van der Waals surface area contributed by atoms with Gasteiger partial charge in [0, 0.05) is 41.2 Å². The fourth-order valence-electron chi connectivity index (χ4n) is 3.35. The molecule has 0 radical (unpaired) electrons. The number of morpholine rings is 1. The van der Waals surface area contributed by atoms with E-state index >= 15 is 0 Å². The van der Waals surface area contributed by atoms with Gasteiger partial charge in [-0.05, 0) is 40.5 Å². The molecule has 2 fully saturated rings. The number of halogens is 2. The summed E-state index contributed by atoms with van der Waals surface area (Å²) in [5, 5.41) is 9.42. The van der Waals surface area contributed by atoms with Crippen LogP contribution in [0.3, 0.4) is 0 Å². The van der Waals surface area contributed by atoms with Crippen molar-refractivity contribution in [3.63, 3.8) is 0 Å². The van der Waals surface area contributed by atoms with Crippen molar-refractivity contribution in [2.45, 2.75) is 23.4 Å². The van der Waals surface area contributed by atoms with Crippen LogP contribution in [0.15, 0.2) is 32.0 Å². The van der Waals surface area contributed by atoms with Crippen LogP contribution >= 0.6 is 31.9 Å². The first kappa shape index (κ1) is 20.0. The number of hydrogen-bond acceptors (Lipinski definition) is 6. The number of nitrogens with one attached hydrogen (secondary N) is 1. The van der Waals surface area contributed by atoms with Gasteiger partial charge in [0.2, 0.25) is 10.0 Å². The second-order valence-corrected chi connectivity index (χ2v) is 9.90. The molecule has 0 bridgehead atoms. The van der Waals surface area contributed by atoms with Gasteiger partial charge in [-0.25, -0.2) is 13.1 Å². The molecule has 0 unspecified atom stereocenters. The minimum atomic E-state index is -3.68. The number of benzene rings is 1. The topological polar surface area (TPSA) is 85.7 Å². The van der Waals surface area contributed by atoms with Crippen LogP contribution in [-0.4, -0.2) is 69.7 Å². The summed E-state index contributed by atoms with van der Waals surface area (Å²) in [4.78, 5) is 4.13. The second-order valence-electron chi connectivity index (χ2n) is 6.45. The molecule has 26 heavy (non-hydrogen) atoms. The number of rotatable bonds is 5. The van der Waals surface area contributed by atoms with Crippen LogP contribution in [0.1, 0.15) is 6.42 Å². The molecule has 7 nitrogen and oxygen atoms in total. The highest BCUT2D eigenvalue weighted by molar-refractivity contribution is 9.11. The van der Waals surface area contributed by atoms with E-state index in [1.165, 1.54) is 0 Å². The third-order valence-corrected chi connectivity index (χ3v) is 7.63. The fourth-order valence-corrected chi connectivity index (χ4v) is 6.09. The molecule has 2 aliphatic heterocycles. The number of likely N-dealkylation sites (tertiary alicyclic amines) is 1. The Labute approximate surface area is 170 Å². The molecule has 1 N–H and O–H groups in total. The van der Waals surface area contributed by atoms with Crippen LogP contribution in [0.2, 0.25) is 0 Å². The van der Waals surface area contributed by atoms with Crippen LogP contribution in [0.25, 0.3) is 0 Å². The molecule has 1 aromatic rings. The summed E-state index contributed by atoms with van der Waals surface area (Å²) >= 11 is 6.60. The lowest BCUT2D eigenvalue weighted by Gasteiger charge is -2.30. The molecular formula is C16H20Br2N4O3S. The van der Waals surface area contributed by atoms with E-state index in [4.69, 9.17) is 4.74 Å². The highest BCUT2D eigenvalue weighted by atomic mass is 79.9. The van der Waals surface area contributed by atoms with Gasteiger partial charge in [-0.3, -0.25) is 4.90 Å². The van der Waals surface area contributed by atoms with Crippen molar-refractivity contribution >= 4 is 41.9 Å². The third-order valence-electron chi connectivity index (χ3n) is 4.62. The molecule has 0 aliphatic carbocycles. The first-order chi connectivity index (χ1) is 12.4. The average molecular weight is 508 g/mol. The van der Waals surface area contributed by atoms with Crippen LogP contribution < -0.4 is 4.72 Å². The number of hydrogen-bond donors (Lipinski definition) is 1. The number of nitriles is 1. The van der Waals surface area contributed by atoms with E-state index in [1.807, 2.05) is 0 Å². The predicted octanol–water partition coefficient (Wildman–Crippen LogP) is 1.75. The molecule has 0 spiro atoms. The van der Waals surface area contributed by atoms with Crippen LogP contribution in [0, 0.1) is 11.5 Å². The van der Waals surface area contributed by atoms with Crippen molar-refractivity contribution in [2.75, 3.05) is 39.4 Å². The van der Waals surface area contributed by atoms with Gasteiger partial charge in [0.1, 0.15) is 0 Å². The van der Waals surface area contributed by atoms with Crippen LogP contribution in [0.5, 0.6) is 0 Å². The maximum absolute atomic E-state index is 12.8. The number of ether oxygens (including phenoxy) is 1. The highest BCUT2D eigenvalue weighted by Crippen LogP contribution is 2.27. The first-order valence-corrected chi connectivity index (χ1v) is 11.4. The Bertz CT molecular complexity index is 793. The van der Waals surface area contributed by atoms with E-state index in [1.54, 1.807) is 23.1 Å². The lowest BCUT2D eigenvalue weighted by atomic mass is 10.1. The maximum Gasteiger partial charge on any atom is 0.242 e. The van der Waals surface area contributed by atoms with Gasteiger partial charge in [0.05, 0.1) is 24.2 Å². The Hall–Kier alpha value is -0.700. The van der Waals surface area contributed by atoms with Crippen LogP contribution in [-0.2, 0) is 14.8 Å². The average Bonchev–Trinajstić information content (AvgIpc) is 2.98. The fraction of sp³-hybridized carbons (Fsp3) is 0.562. The second kappa shape index (κ2) is 8.54. The Morgan fingerprint density at radius 3 is 2.73 bits per heavy atom. The maximum atomic E-state index is 12.8. The largest absolute Gasteiger partial charge is 0.379 e. The molecule has 2 heterocycles. The monoisotopic (exact) mass is 506 g/mol. The zero-order chi connectivity index (χ0) is 18.7. The smallest absolute Gasteiger partial charge is 0.242 e. The Morgan fingerprint density at radius 2 is 2.04 bits per heavy atom. The number of sulfonamides is 1. The minimum Gasteiger partial charge on any atom is -0.379 e. The van der Waals surface area contributed by atoms with Gasteiger partial charge < -0.3 is 9.64 Å². The first-order valence-electron chi connectivity index (χ1n) is 8.33. The number of nitrogens with zero attached hydrogens (tertiary/aromatic N) is 3. The summed E-state index contributed by atoms with van der Waals surface area (Å²) < 4.78 is 34.8. The zero-order valence-electron chi connectivity index (χ0n) is 14.1. The van der Waals surface area contributed by atoms with E-state index < -0.39 is 10.0 Å². The molecule has 1 aromatic carbocycles. The van der Waals surface area contributed by atoms with E-state index in [-0.39, 0.29) is 17.0 Å². The standard InChI is InChI=1S/C16H20Br2N4O3S/c17-12-1-2-15(18)16(7-12)26(23,24)20-13-8-14(22(9-13)11-19)10-21-3-5-25-6-4-21/h1-2,7,13-14,20H,3-6,8-10H2/t13-,14-/m1/s1. The van der Waals surface area contributed by atoms with Gasteiger partial charge in [-0.15, -0.1) is 0 Å². The van der Waals surface area contributed by atoms with E-state index in [9.17, 15) is 13.7 Å². The normalized spacial score (nSPS) is 24.6. The molecule has 0 saturated carbocycles. The molecule has 2 saturated heterocycles. The highest BCUT2D eigenvalue weighted by Gasteiger charge is 2.35. The Kier molecular flexibility index (Phi) is 6.59. The van der Waals surface area contributed by atoms with Gasteiger partial charge in [0.25, 0.3) is 0 Å². The molecular weight excluding hydrogens is 488 g/mol. The van der Waals surface area contributed by atoms with Crippen molar-refractivity contribution in [1.29, 1.82) is 5.26 Å². The summed E-state index contributed by atoms with van der Waals surface area (Å²) in [6.07, 6.45) is 2.81. The van der Waals surface area contributed by atoms with E-state index in [0.717, 1.165) is 19.6 Å². The van der Waals surface area contributed by atoms with Gasteiger partial charge in [-0.2, -0.15) is 5.26 Å². The summed E-state index contributed by atoms with van der Waals surface area (Å²) in [7, 11) is -3.68. The quantitative estimate of drug-likeness (QED) is 0.611. The minimum absolute atomic E-state index is 0.0109. The SMILES string of the molecule is N#CN1C[C@H](NS(=O)(=O)c2cc(Br)ccc2Br)C[C@@H]1CN1CCOCC1. The van der Waals surface area contributed by atoms with Crippen molar-refractivity contribution < 1.29 is 13.2 Å². The summed E-state index contributed by atoms with van der Waals surface area (Å²) in [6, 6.07) is 4.74. The van der Waals surface area contributed by atoms with E-state index in [2.05, 4.69) is 47.7 Å². The molecule has 0 aromatic heterocycles. The van der Waals surface area contributed by atoms with Crippen molar-refractivity contribution in [3.8, 4) is 6.19 Å². The molecule has 3 rings (SSSR count). The molecule has 2 aliphatic rings. The lowest BCUT2D eigenvalue weighted by molar-refractivity contribution is 0.0301. The zero-order valence-corrected chi connectivity index (χ0v) is 18.1. The van der Waals surface area contributed by atoms with Gasteiger partial charge >= 0.3 is 0 Å². The third kappa shape index (κ3) is 4.77. The molecule has 142 valence electrons. The van der Waals surface area contributed by atoms with Gasteiger partial charge in [0.15, 0.2) is 6.19 Å². The molecule has 10 heteroatoms. The molecule has 2 atom stereocenters. The summed E-state index contributed by atoms with van der Waals surface area (Å²) in [5.74, 6) is 0. The summed E-state index contributed by atoms with van der Waals surface area (Å²) in [6.45, 7) is 4.22.